The van der Waals surface area contributed by atoms with E-state index in [9.17, 15) is 9.90 Å². The van der Waals surface area contributed by atoms with Gasteiger partial charge in [0.1, 0.15) is 0 Å². The summed E-state index contributed by atoms with van der Waals surface area (Å²) in [4.78, 5) is 11.9. The molecule has 1 amide bonds. The lowest BCUT2D eigenvalue weighted by molar-refractivity contribution is -0.129. The fraction of sp³-hybridized carbons (Fsp3) is 0.533. The molecule has 110 valence electrons. The van der Waals surface area contributed by atoms with Crippen molar-refractivity contribution in [1.29, 1.82) is 0 Å². The maximum Gasteiger partial charge on any atom is 0.253 e. The quantitative estimate of drug-likeness (QED) is 0.865. The van der Waals surface area contributed by atoms with E-state index in [1.165, 1.54) is 6.42 Å². The highest BCUT2D eigenvalue weighted by atomic mass is 79.9. The Labute approximate surface area is 127 Å². The molecule has 1 fully saturated rings. The van der Waals surface area contributed by atoms with Crippen LogP contribution in [0.3, 0.4) is 0 Å². The molecule has 0 spiro atoms. The fourth-order valence-corrected chi connectivity index (χ4v) is 2.55. The first-order valence-corrected chi connectivity index (χ1v) is 7.79. The van der Waals surface area contributed by atoms with Crippen LogP contribution < -0.4 is 5.32 Å². The van der Waals surface area contributed by atoms with E-state index in [1.807, 2.05) is 12.1 Å². The number of ether oxygens (including phenoxy) is 1. The van der Waals surface area contributed by atoms with Gasteiger partial charge in [-0.05, 0) is 43.4 Å². The van der Waals surface area contributed by atoms with Crippen LogP contribution in [0, 0.1) is 0 Å². The number of halogens is 1. The lowest BCUT2D eigenvalue weighted by Gasteiger charge is -2.22. The van der Waals surface area contributed by atoms with Crippen molar-refractivity contribution in [2.24, 2.45) is 0 Å². The predicted octanol–water partition coefficient (Wildman–Crippen LogP) is 2.56. The van der Waals surface area contributed by atoms with Gasteiger partial charge in [-0.15, -0.1) is 0 Å². The molecule has 1 aliphatic rings. The molecule has 20 heavy (non-hydrogen) atoms. The first kappa shape index (κ1) is 15.5. The summed E-state index contributed by atoms with van der Waals surface area (Å²) in [5.41, 5.74) is 0.597. The number of hydrogen-bond acceptors (Lipinski definition) is 3. The zero-order chi connectivity index (χ0) is 14.4. The molecular formula is C15H20BrNO3. The Morgan fingerprint density at radius 1 is 1.40 bits per heavy atom. The molecular weight excluding hydrogens is 322 g/mol. The monoisotopic (exact) mass is 341 g/mol. The van der Waals surface area contributed by atoms with Gasteiger partial charge < -0.3 is 15.2 Å². The number of benzene rings is 1. The molecule has 1 saturated heterocycles. The Morgan fingerprint density at radius 2 is 2.15 bits per heavy atom. The highest BCUT2D eigenvalue weighted by Crippen LogP contribution is 2.17. The summed E-state index contributed by atoms with van der Waals surface area (Å²) in [6, 6.07) is 7.08. The molecule has 2 rings (SSSR count). The van der Waals surface area contributed by atoms with Crippen LogP contribution in [0.5, 0.6) is 0 Å². The largest absolute Gasteiger partial charge is 0.378 e. The number of nitrogens with one attached hydrogen (secondary N) is 1. The van der Waals surface area contributed by atoms with Gasteiger partial charge in [-0.2, -0.15) is 0 Å². The van der Waals surface area contributed by atoms with Crippen LogP contribution in [0.25, 0.3) is 0 Å². The number of carbonyl (C=O) groups excluding carboxylic acids is 1. The molecule has 1 aromatic carbocycles. The Hall–Kier alpha value is -0.910. The Bertz CT molecular complexity index is 429. The summed E-state index contributed by atoms with van der Waals surface area (Å²) in [6.45, 7) is 1.36. The van der Waals surface area contributed by atoms with Crippen molar-refractivity contribution in [3.05, 3.63) is 34.3 Å². The van der Waals surface area contributed by atoms with E-state index in [0.717, 1.165) is 30.3 Å². The minimum absolute atomic E-state index is 0.244. The first-order chi connectivity index (χ1) is 9.66. The topological polar surface area (TPSA) is 58.6 Å². The standard InChI is InChI=1S/C15H20BrNO3/c16-12-6-4-11(5-7-12)14(18)15(19)17-9-8-13-3-1-2-10-20-13/h4-7,13-14,18H,1-3,8-10H2,(H,17,19). The van der Waals surface area contributed by atoms with Gasteiger partial charge in [-0.3, -0.25) is 4.79 Å². The molecule has 4 nitrogen and oxygen atoms in total. The molecule has 0 radical (unpaired) electrons. The van der Waals surface area contributed by atoms with Crippen LogP contribution in [0.4, 0.5) is 0 Å². The van der Waals surface area contributed by atoms with Crippen molar-refractivity contribution in [2.45, 2.75) is 37.9 Å². The van der Waals surface area contributed by atoms with E-state index in [1.54, 1.807) is 12.1 Å². The summed E-state index contributed by atoms with van der Waals surface area (Å²) in [5.74, 6) is -0.358. The molecule has 1 aliphatic heterocycles. The van der Waals surface area contributed by atoms with E-state index in [2.05, 4.69) is 21.2 Å². The van der Waals surface area contributed by atoms with Crippen molar-refractivity contribution in [3.8, 4) is 0 Å². The second-order valence-electron chi connectivity index (χ2n) is 5.02. The number of aliphatic hydroxyl groups is 1. The second-order valence-corrected chi connectivity index (χ2v) is 5.94. The van der Waals surface area contributed by atoms with Gasteiger partial charge in [0, 0.05) is 17.6 Å². The highest BCUT2D eigenvalue weighted by molar-refractivity contribution is 9.10. The lowest BCUT2D eigenvalue weighted by atomic mass is 10.1. The number of amides is 1. The summed E-state index contributed by atoms with van der Waals surface area (Å²) in [6.07, 6.45) is 3.32. The minimum Gasteiger partial charge on any atom is -0.378 e. The van der Waals surface area contributed by atoms with E-state index >= 15 is 0 Å². The summed E-state index contributed by atoms with van der Waals surface area (Å²) in [5, 5.41) is 12.7. The van der Waals surface area contributed by atoms with Gasteiger partial charge in [-0.25, -0.2) is 0 Å². The molecule has 2 N–H and O–H groups in total. The summed E-state index contributed by atoms with van der Waals surface area (Å²) < 4.78 is 6.52. The first-order valence-electron chi connectivity index (χ1n) is 6.99. The Kier molecular flexibility index (Phi) is 6.01. The van der Waals surface area contributed by atoms with E-state index in [0.29, 0.717) is 12.1 Å². The van der Waals surface area contributed by atoms with Crippen LogP contribution in [0.1, 0.15) is 37.4 Å². The van der Waals surface area contributed by atoms with Gasteiger partial charge in [-0.1, -0.05) is 28.1 Å². The number of carbonyl (C=O) groups is 1. The Morgan fingerprint density at radius 3 is 2.80 bits per heavy atom. The van der Waals surface area contributed by atoms with E-state index in [4.69, 9.17) is 4.74 Å². The van der Waals surface area contributed by atoms with Crippen LogP contribution >= 0.6 is 15.9 Å². The SMILES string of the molecule is O=C(NCCC1CCCCO1)C(O)c1ccc(Br)cc1. The average Bonchev–Trinajstić information content (AvgIpc) is 2.48. The summed E-state index contributed by atoms with van der Waals surface area (Å²) >= 11 is 3.32. The fourth-order valence-electron chi connectivity index (χ4n) is 2.28. The third kappa shape index (κ3) is 4.58. The van der Waals surface area contributed by atoms with E-state index < -0.39 is 6.10 Å². The number of rotatable bonds is 5. The van der Waals surface area contributed by atoms with Gasteiger partial charge in [0.05, 0.1) is 6.10 Å². The lowest BCUT2D eigenvalue weighted by Crippen LogP contribution is -2.32. The molecule has 0 bridgehead atoms. The Balaban J connectivity index is 1.74. The minimum atomic E-state index is -1.12. The van der Waals surface area contributed by atoms with Crippen LogP contribution in [-0.4, -0.2) is 30.3 Å². The molecule has 2 atom stereocenters. The summed E-state index contributed by atoms with van der Waals surface area (Å²) in [7, 11) is 0. The maximum absolute atomic E-state index is 11.9. The highest BCUT2D eigenvalue weighted by Gasteiger charge is 2.18. The molecule has 1 aromatic rings. The van der Waals surface area contributed by atoms with Crippen LogP contribution in [-0.2, 0) is 9.53 Å². The van der Waals surface area contributed by atoms with Crippen LogP contribution in [0.15, 0.2) is 28.7 Å². The zero-order valence-corrected chi connectivity index (χ0v) is 12.9. The molecule has 2 unspecified atom stereocenters. The number of aliphatic hydroxyl groups excluding tert-OH is 1. The van der Waals surface area contributed by atoms with Gasteiger partial charge in [0.2, 0.25) is 0 Å². The molecule has 0 aromatic heterocycles. The van der Waals surface area contributed by atoms with E-state index in [-0.39, 0.29) is 12.0 Å². The average molecular weight is 342 g/mol. The van der Waals surface area contributed by atoms with Gasteiger partial charge >= 0.3 is 0 Å². The van der Waals surface area contributed by atoms with Gasteiger partial charge in [0.25, 0.3) is 5.91 Å². The second kappa shape index (κ2) is 7.76. The molecule has 0 aliphatic carbocycles. The molecule has 1 heterocycles. The molecule has 0 saturated carbocycles. The number of hydrogen-bond donors (Lipinski definition) is 2. The maximum atomic E-state index is 11.9. The normalized spacial score (nSPS) is 20.4. The molecule has 5 heteroatoms. The smallest absolute Gasteiger partial charge is 0.253 e. The van der Waals surface area contributed by atoms with Crippen LogP contribution in [0.2, 0.25) is 0 Å². The third-order valence-electron chi connectivity index (χ3n) is 3.47. The van der Waals surface area contributed by atoms with Crippen molar-refractivity contribution >= 4 is 21.8 Å². The van der Waals surface area contributed by atoms with Gasteiger partial charge in [0.15, 0.2) is 6.10 Å². The van der Waals surface area contributed by atoms with Crippen molar-refractivity contribution < 1.29 is 14.6 Å². The van der Waals surface area contributed by atoms with Crippen molar-refractivity contribution in [1.82, 2.24) is 5.32 Å². The predicted molar refractivity (Wildman–Crippen MR) is 80.3 cm³/mol. The van der Waals surface area contributed by atoms with Crippen molar-refractivity contribution in [3.63, 3.8) is 0 Å². The van der Waals surface area contributed by atoms with Crippen molar-refractivity contribution in [2.75, 3.05) is 13.2 Å². The third-order valence-corrected chi connectivity index (χ3v) is 4.00. The zero-order valence-electron chi connectivity index (χ0n) is 11.3.